The van der Waals surface area contributed by atoms with Gasteiger partial charge in [0.05, 0.1) is 25.7 Å². The van der Waals surface area contributed by atoms with E-state index >= 15 is 0 Å². The van der Waals surface area contributed by atoms with Gasteiger partial charge in [0.2, 0.25) is 0 Å². The summed E-state index contributed by atoms with van der Waals surface area (Å²) in [7, 11) is 3.13. The Hall–Kier alpha value is -2.41. The third-order valence-electron chi connectivity index (χ3n) is 5.08. The third kappa shape index (κ3) is 4.86. The van der Waals surface area contributed by atoms with Gasteiger partial charge in [0.25, 0.3) is 0 Å². The number of methoxy groups -OCH3 is 2. The largest absolute Gasteiger partial charge is 0.497 e. The smallest absolute Gasteiger partial charge is 0.308 e. The Morgan fingerprint density at radius 3 is 2.74 bits per heavy atom. The molecule has 0 atom stereocenters. The number of rotatable bonds is 7. The van der Waals surface area contributed by atoms with Crippen LogP contribution in [0.4, 0.5) is 5.82 Å². The van der Waals surface area contributed by atoms with Gasteiger partial charge in [-0.3, -0.25) is 4.79 Å². The number of nitrogens with zero attached hydrogens (tertiary/aromatic N) is 3. The number of likely N-dealkylation sites (tertiary alicyclic amines) is 1. The minimum Gasteiger partial charge on any atom is -0.497 e. The number of benzene rings is 1. The number of nitrogens with one attached hydrogen (secondary N) is 1. The summed E-state index contributed by atoms with van der Waals surface area (Å²) in [6, 6.07) is 5.84. The van der Waals surface area contributed by atoms with Gasteiger partial charge in [-0.15, -0.1) is 0 Å². The van der Waals surface area contributed by atoms with Crippen LogP contribution in [0.5, 0.6) is 5.75 Å². The quantitative estimate of drug-likeness (QED) is 0.591. The van der Waals surface area contributed by atoms with E-state index in [1.165, 1.54) is 7.11 Å². The number of aryl methyl sites for hydroxylation is 1. The first-order valence-corrected chi connectivity index (χ1v) is 9.47. The molecule has 7 heteroatoms. The topological polar surface area (TPSA) is 76.6 Å². The minimum absolute atomic E-state index is 0.0645. The van der Waals surface area contributed by atoms with Crippen molar-refractivity contribution in [2.75, 3.05) is 45.7 Å². The van der Waals surface area contributed by atoms with Crippen molar-refractivity contribution in [3.63, 3.8) is 0 Å². The first-order chi connectivity index (χ1) is 13.1. The van der Waals surface area contributed by atoms with E-state index in [1.54, 1.807) is 7.11 Å². The van der Waals surface area contributed by atoms with Crippen molar-refractivity contribution in [2.24, 2.45) is 5.92 Å². The lowest BCUT2D eigenvalue weighted by molar-refractivity contribution is -0.147. The summed E-state index contributed by atoms with van der Waals surface area (Å²) in [4.78, 5) is 23.1. The van der Waals surface area contributed by atoms with E-state index < -0.39 is 0 Å². The van der Waals surface area contributed by atoms with Gasteiger partial charge in [-0.05, 0) is 64.0 Å². The number of fused-ring (bicyclic) bond motifs is 1. The second-order valence-electron chi connectivity index (χ2n) is 6.92. The fourth-order valence-electron chi connectivity index (χ4n) is 3.55. The Kier molecular flexibility index (Phi) is 6.45. The average Bonchev–Trinajstić information content (AvgIpc) is 2.70. The molecule has 1 aromatic carbocycles. The van der Waals surface area contributed by atoms with Gasteiger partial charge in [0, 0.05) is 11.9 Å². The number of anilines is 1. The van der Waals surface area contributed by atoms with E-state index in [9.17, 15) is 4.79 Å². The Bertz CT molecular complexity index is 788. The van der Waals surface area contributed by atoms with Gasteiger partial charge in [-0.1, -0.05) is 0 Å². The van der Waals surface area contributed by atoms with Crippen LogP contribution in [0.2, 0.25) is 0 Å². The molecule has 7 nitrogen and oxygen atoms in total. The van der Waals surface area contributed by atoms with Crippen molar-refractivity contribution in [3.8, 4) is 5.75 Å². The minimum atomic E-state index is -0.0715. The van der Waals surface area contributed by atoms with E-state index in [2.05, 4.69) is 20.2 Å². The molecule has 1 aromatic heterocycles. The summed E-state index contributed by atoms with van der Waals surface area (Å²) in [5, 5.41) is 4.42. The molecule has 146 valence electrons. The van der Waals surface area contributed by atoms with E-state index in [0.717, 1.165) is 73.7 Å². The van der Waals surface area contributed by atoms with Crippen LogP contribution in [0.15, 0.2) is 18.2 Å². The molecule has 27 heavy (non-hydrogen) atoms. The van der Waals surface area contributed by atoms with Crippen molar-refractivity contribution in [2.45, 2.75) is 26.2 Å². The van der Waals surface area contributed by atoms with Crippen LogP contribution in [0, 0.1) is 12.8 Å². The molecular weight excluding hydrogens is 344 g/mol. The van der Waals surface area contributed by atoms with Crippen molar-refractivity contribution >= 4 is 22.7 Å². The molecule has 0 saturated carbocycles. The number of hydrogen-bond donors (Lipinski definition) is 1. The van der Waals surface area contributed by atoms with Gasteiger partial charge in [0.15, 0.2) is 0 Å². The van der Waals surface area contributed by atoms with Crippen LogP contribution < -0.4 is 10.1 Å². The molecule has 1 aliphatic rings. The van der Waals surface area contributed by atoms with Gasteiger partial charge in [-0.25, -0.2) is 9.97 Å². The zero-order valence-corrected chi connectivity index (χ0v) is 16.3. The zero-order valence-electron chi connectivity index (χ0n) is 16.3. The van der Waals surface area contributed by atoms with E-state index in [4.69, 9.17) is 9.47 Å². The SMILES string of the molecule is COC(=O)C1CCN(CCCNc2nc(C)nc3ccc(OC)cc23)CC1. The molecule has 2 heterocycles. The fraction of sp³-hybridized carbons (Fsp3) is 0.550. The predicted octanol–water partition coefficient (Wildman–Crippen LogP) is 2.63. The summed E-state index contributed by atoms with van der Waals surface area (Å²) >= 11 is 0. The zero-order chi connectivity index (χ0) is 19.2. The highest BCUT2D eigenvalue weighted by Gasteiger charge is 2.25. The number of aromatic nitrogens is 2. The molecule has 1 N–H and O–H groups in total. The molecule has 0 aliphatic carbocycles. The fourth-order valence-corrected chi connectivity index (χ4v) is 3.55. The summed E-state index contributed by atoms with van der Waals surface area (Å²) in [6.07, 6.45) is 2.78. The van der Waals surface area contributed by atoms with E-state index in [-0.39, 0.29) is 11.9 Å². The highest BCUT2D eigenvalue weighted by atomic mass is 16.5. The molecule has 0 bridgehead atoms. The third-order valence-corrected chi connectivity index (χ3v) is 5.08. The Balaban J connectivity index is 1.52. The van der Waals surface area contributed by atoms with Crippen LogP contribution >= 0.6 is 0 Å². The lowest BCUT2D eigenvalue weighted by Gasteiger charge is -2.30. The van der Waals surface area contributed by atoms with Crippen molar-refractivity contribution in [1.29, 1.82) is 0 Å². The molecule has 1 fully saturated rings. The Morgan fingerprint density at radius 2 is 2.04 bits per heavy atom. The Labute approximate surface area is 160 Å². The lowest BCUT2D eigenvalue weighted by Crippen LogP contribution is -2.37. The number of esters is 1. The normalized spacial score (nSPS) is 15.7. The summed E-state index contributed by atoms with van der Waals surface area (Å²) < 4.78 is 10.2. The van der Waals surface area contributed by atoms with Crippen molar-refractivity contribution in [3.05, 3.63) is 24.0 Å². The van der Waals surface area contributed by atoms with Gasteiger partial charge in [0.1, 0.15) is 17.4 Å². The number of piperidine rings is 1. The number of hydrogen-bond acceptors (Lipinski definition) is 7. The van der Waals surface area contributed by atoms with Crippen LogP contribution in [-0.2, 0) is 9.53 Å². The molecular formula is C20H28N4O3. The summed E-state index contributed by atoms with van der Waals surface area (Å²) in [6.45, 7) is 5.64. The number of carbonyl (C=O) groups is 1. The van der Waals surface area contributed by atoms with Crippen LogP contribution in [0.1, 0.15) is 25.1 Å². The molecule has 2 aromatic rings. The molecule has 0 unspecified atom stereocenters. The molecule has 1 aliphatic heterocycles. The van der Waals surface area contributed by atoms with Gasteiger partial charge >= 0.3 is 5.97 Å². The van der Waals surface area contributed by atoms with Gasteiger partial charge < -0.3 is 19.7 Å². The number of ether oxygens (including phenoxy) is 2. The number of carbonyl (C=O) groups excluding carboxylic acids is 1. The first-order valence-electron chi connectivity index (χ1n) is 9.47. The first kappa shape index (κ1) is 19.4. The average molecular weight is 372 g/mol. The maximum Gasteiger partial charge on any atom is 0.308 e. The summed E-state index contributed by atoms with van der Waals surface area (Å²) in [5.74, 6) is 2.39. The molecule has 0 spiro atoms. The van der Waals surface area contributed by atoms with Crippen molar-refractivity contribution in [1.82, 2.24) is 14.9 Å². The highest BCUT2D eigenvalue weighted by Crippen LogP contribution is 2.25. The molecule has 3 rings (SSSR count). The van der Waals surface area contributed by atoms with Crippen LogP contribution in [0.3, 0.4) is 0 Å². The highest BCUT2D eigenvalue weighted by molar-refractivity contribution is 5.90. The lowest BCUT2D eigenvalue weighted by atomic mass is 9.97. The van der Waals surface area contributed by atoms with Crippen LogP contribution in [-0.4, -0.2) is 61.2 Å². The maximum absolute atomic E-state index is 11.6. The predicted molar refractivity (Wildman–Crippen MR) is 105 cm³/mol. The monoisotopic (exact) mass is 372 g/mol. The van der Waals surface area contributed by atoms with E-state index in [1.807, 2.05) is 25.1 Å². The van der Waals surface area contributed by atoms with Gasteiger partial charge in [-0.2, -0.15) is 0 Å². The van der Waals surface area contributed by atoms with Crippen LogP contribution in [0.25, 0.3) is 10.9 Å². The standard InChI is InChI=1S/C20H28N4O3/c1-14-22-18-6-5-16(26-2)13-17(18)19(23-14)21-9-4-10-24-11-7-15(8-12-24)20(25)27-3/h5-6,13,15H,4,7-12H2,1-3H3,(H,21,22,23). The molecule has 0 amide bonds. The second-order valence-corrected chi connectivity index (χ2v) is 6.92. The molecule has 0 radical (unpaired) electrons. The van der Waals surface area contributed by atoms with Crippen molar-refractivity contribution < 1.29 is 14.3 Å². The second kappa shape index (κ2) is 8.99. The van der Waals surface area contributed by atoms with E-state index in [0.29, 0.717) is 0 Å². The summed E-state index contributed by atoms with van der Waals surface area (Å²) in [5.41, 5.74) is 0.913. The molecule has 1 saturated heterocycles. The maximum atomic E-state index is 11.6. The Morgan fingerprint density at radius 1 is 1.26 bits per heavy atom.